The van der Waals surface area contributed by atoms with Gasteiger partial charge in [0.2, 0.25) is 0 Å². The molecule has 4 nitrogen and oxygen atoms in total. The van der Waals surface area contributed by atoms with E-state index in [0.717, 1.165) is 30.7 Å². The van der Waals surface area contributed by atoms with Crippen LogP contribution in [0.5, 0.6) is 0 Å². The van der Waals surface area contributed by atoms with E-state index in [9.17, 15) is 0 Å². The van der Waals surface area contributed by atoms with Crippen molar-refractivity contribution in [2.24, 2.45) is 7.05 Å². The number of halogens is 1. The summed E-state index contributed by atoms with van der Waals surface area (Å²) in [5, 5.41) is 7.95. The summed E-state index contributed by atoms with van der Waals surface area (Å²) < 4.78 is 3.14. The van der Waals surface area contributed by atoms with Gasteiger partial charge in [0.1, 0.15) is 0 Å². The number of aromatic nitrogens is 2. The number of nitrogens with one attached hydrogen (secondary N) is 1. The smallest absolute Gasteiger partial charge is 0.0663 e. The number of hydrogen-bond donors (Lipinski definition) is 1. The molecule has 1 aliphatic heterocycles. The number of piperazine rings is 1. The van der Waals surface area contributed by atoms with Crippen molar-refractivity contribution in [2.45, 2.75) is 44.2 Å². The summed E-state index contributed by atoms with van der Waals surface area (Å²) in [7, 11) is 2.04. The van der Waals surface area contributed by atoms with Gasteiger partial charge >= 0.3 is 0 Å². The predicted octanol–water partition coefficient (Wildman–Crippen LogP) is 2.29. The molecule has 2 fully saturated rings. The fourth-order valence-corrected chi connectivity index (χ4v) is 4.10. The van der Waals surface area contributed by atoms with Crippen molar-refractivity contribution in [1.29, 1.82) is 0 Å². The summed E-state index contributed by atoms with van der Waals surface area (Å²) in [5.74, 6) is 0. The van der Waals surface area contributed by atoms with E-state index < -0.39 is 0 Å². The van der Waals surface area contributed by atoms with Gasteiger partial charge in [0.15, 0.2) is 0 Å². The average Bonchev–Trinajstić information content (AvgIpc) is 2.74. The van der Waals surface area contributed by atoms with E-state index in [2.05, 4.69) is 31.2 Å². The summed E-state index contributed by atoms with van der Waals surface area (Å²) in [5.41, 5.74) is 1.69. The van der Waals surface area contributed by atoms with Crippen LogP contribution in [0, 0.1) is 0 Å². The van der Waals surface area contributed by atoms with Crippen LogP contribution >= 0.6 is 15.9 Å². The third-order valence-electron chi connectivity index (χ3n) is 4.82. The van der Waals surface area contributed by atoms with Gasteiger partial charge in [-0.1, -0.05) is 19.3 Å². The van der Waals surface area contributed by atoms with E-state index in [1.807, 2.05) is 17.9 Å². The molecule has 3 rings (SSSR count). The van der Waals surface area contributed by atoms with Crippen LogP contribution in [-0.4, -0.2) is 39.9 Å². The minimum absolute atomic E-state index is 0.389. The lowest BCUT2D eigenvalue weighted by Gasteiger charge is -2.50. The monoisotopic (exact) mass is 326 g/mol. The highest BCUT2D eigenvalue weighted by molar-refractivity contribution is 9.10. The normalized spacial score (nSPS) is 23.9. The van der Waals surface area contributed by atoms with E-state index in [0.29, 0.717) is 5.54 Å². The van der Waals surface area contributed by atoms with Crippen molar-refractivity contribution < 1.29 is 0 Å². The molecule has 1 N–H and O–H groups in total. The van der Waals surface area contributed by atoms with Crippen molar-refractivity contribution >= 4 is 15.9 Å². The van der Waals surface area contributed by atoms with Gasteiger partial charge in [-0.2, -0.15) is 5.10 Å². The Balaban J connectivity index is 1.81. The quantitative estimate of drug-likeness (QED) is 0.905. The summed E-state index contributed by atoms with van der Waals surface area (Å²) in [6.45, 7) is 4.43. The molecule has 0 atom stereocenters. The Labute approximate surface area is 123 Å². The van der Waals surface area contributed by atoms with E-state index >= 15 is 0 Å². The molecule has 1 saturated heterocycles. The Hall–Kier alpha value is -0.390. The molecule has 0 amide bonds. The first-order chi connectivity index (χ1) is 9.21. The molecular formula is C14H23BrN4. The Kier molecular flexibility index (Phi) is 3.96. The fourth-order valence-electron chi connectivity index (χ4n) is 3.63. The van der Waals surface area contributed by atoms with Gasteiger partial charge in [-0.25, -0.2) is 0 Å². The summed E-state index contributed by atoms with van der Waals surface area (Å²) >= 11 is 3.63. The van der Waals surface area contributed by atoms with Crippen LogP contribution < -0.4 is 5.32 Å². The first kappa shape index (κ1) is 13.6. The molecule has 19 heavy (non-hydrogen) atoms. The zero-order valence-corrected chi connectivity index (χ0v) is 13.2. The molecule has 0 bridgehead atoms. The molecule has 1 spiro atoms. The Morgan fingerprint density at radius 3 is 2.84 bits per heavy atom. The van der Waals surface area contributed by atoms with Gasteiger partial charge in [0.05, 0.1) is 16.4 Å². The molecule has 0 unspecified atom stereocenters. The average molecular weight is 327 g/mol. The van der Waals surface area contributed by atoms with Crippen LogP contribution in [0.4, 0.5) is 0 Å². The molecule has 0 radical (unpaired) electrons. The topological polar surface area (TPSA) is 33.1 Å². The van der Waals surface area contributed by atoms with Crippen LogP contribution in [0.2, 0.25) is 0 Å². The van der Waals surface area contributed by atoms with Gasteiger partial charge in [-0.3, -0.25) is 9.58 Å². The molecule has 2 heterocycles. The van der Waals surface area contributed by atoms with E-state index in [-0.39, 0.29) is 0 Å². The van der Waals surface area contributed by atoms with Gasteiger partial charge in [0.25, 0.3) is 0 Å². The van der Waals surface area contributed by atoms with E-state index in [4.69, 9.17) is 0 Å². The maximum absolute atomic E-state index is 4.34. The maximum atomic E-state index is 4.34. The van der Waals surface area contributed by atoms with Crippen LogP contribution in [0.3, 0.4) is 0 Å². The molecule has 1 saturated carbocycles. The molecular weight excluding hydrogens is 304 g/mol. The summed E-state index contributed by atoms with van der Waals surface area (Å²) in [6, 6.07) is 0. The Morgan fingerprint density at radius 2 is 2.16 bits per heavy atom. The molecule has 5 heteroatoms. The molecule has 1 aliphatic carbocycles. The van der Waals surface area contributed by atoms with Crippen molar-refractivity contribution in [1.82, 2.24) is 20.0 Å². The highest BCUT2D eigenvalue weighted by atomic mass is 79.9. The van der Waals surface area contributed by atoms with Crippen molar-refractivity contribution in [3.8, 4) is 0 Å². The van der Waals surface area contributed by atoms with Gasteiger partial charge in [0, 0.05) is 38.8 Å². The lowest BCUT2D eigenvalue weighted by molar-refractivity contribution is 0.0190. The first-order valence-corrected chi connectivity index (χ1v) is 8.13. The van der Waals surface area contributed by atoms with Crippen molar-refractivity contribution in [3.63, 3.8) is 0 Å². The lowest BCUT2D eigenvalue weighted by atomic mass is 9.79. The first-order valence-electron chi connectivity index (χ1n) is 7.33. The summed E-state index contributed by atoms with van der Waals surface area (Å²) in [6.07, 6.45) is 8.76. The lowest BCUT2D eigenvalue weighted by Crippen LogP contribution is -2.61. The largest absolute Gasteiger partial charge is 0.314 e. The van der Waals surface area contributed by atoms with Gasteiger partial charge in [-0.15, -0.1) is 0 Å². The summed E-state index contributed by atoms with van der Waals surface area (Å²) in [4.78, 5) is 2.70. The molecule has 1 aromatic rings. The van der Waals surface area contributed by atoms with E-state index in [1.165, 1.54) is 37.8 Å². The highest BCUT2D eigenvalue weighted by Crippen LogP contribution is 2.36. The minimum atomic E-state index is 0.389. The van der Waals surface area contributed by atoms with Crippen LogP contribution in [0.1, 0.15) is 37.8 Å². The second-order valence-electron chi connectivity index (χ2n) is 5.95. The van der Waals surface area contributed by atoms with Crippen molar-refractivity contribution in [3.05, 3.63) is 16.4 Å². The predicted molar refractivity (Wildman–Crippen MR) is 80.0 cm³/mol. The third kappa shape index (κ3) is 2.60. The Morgan fingerprint density at radius 1 is 1.37 bits per heavy atom. The molecule has 0 aromatic carbocycles. The van der Waals surface area contributed by atoms with E-state index in [1.54, 1.807) is 0 Å². The molecule has 2 aliphatic rings. The standard InChI is InChI=1S/C14H23BrN4/c1-18-13(12(15)9-17-18)10-19-8-7-16-11-14(19)5-3-2-4-6-14/h9,16H,2-8,10-11H2,1H3. The highest BCUT2D eigenvalue weighted by Gasteiger charge is 2.39. The second-order valence-corrected chi connectivity index (χ2v) is 6.80. The van der Waals surface area contributed by atoms with Crippen LogP contribution in [-0.2, 0) is 13.6 Å². The van der Waals surface area contributed by atoms with Crippen LogP contribution in [0.15, 0.2) is 10.7 Å². The van der Waals surface area contributed by atoms with Crippen LogP contribution in [0.25, 0.3) is 0 Å². The molecule has 106 valence electrons. The number of aryl methyl sites for hydroxylation is 1. The minimum Gasteiger partial charge on any atom is -0.314 e. The van der Waals surface area contributed by atoms with Gasteiger partial charge < -0.3 is 5.32 Å². The number of nitrogens with zero attached hydrogens (tertiary/aromatic N) is 3. The Bertz CT molecular complexity index is 409. The fraction of sp³-hybridized carbons (Fsp3) is 0.786. The third-order valence-corrected chi connectivity index (χ3v) is 5.48. The number of rotatable bonds is 2. The second kappa shape index (κ2) is 5.54. The van der Waals surface area contributed by atoms with Gasteiger partial charge in [-0.05, 0) is 28.8 Å². The SMILES string of the molecule is Cn1ncc(Br)c1CN1CCNCC12CCCCC2. The number of hydrogen-bond acceptors (Lipinski definition) is 3. The zero-order valence-electron chi connectivity index (χ0n) is 11.7. The van der Waals surface area contributed by atoms with Crippen molar-refractivity contribution in [2.75, 3.05) is 19.6 Å². The maximum Gasteiger partial charge on any atom is 0.0663 e. The zero-order chi connectivity index (χ0) is 13.3. The molecule has 1 aromatic heterocycles.